The van der Waals surface area contributed by atoms with E-state index in [9.17, 15) is 0 Å². The number of rotatable bonds is 0. The van der Waals surface area contributed by atoms with Crippen molar-refractivity contribution in [3.05, 3.63) is 11.8 Å². The third kappa shape index (κ3) is 1.30. The maximum absolute atomic E-state index is 4.41. The summed E-state index contributed by atoms with van der Waals surface area (Å²) < 4.78 is 0. The predicted octanol–water partition coefficient (Wildman–Crippen LogP) is 1.79. The highest BCUT2D eigenvalue weighted by Crippen LogP contribution is 2.17. The molecule has 60 valence electrons. The highest BCUT2D eigenvalue weighted by molar-refractivity contribution is 5.84. The maximum Gasteiger partial charge on any atom is 0.104 e. The van der Waals surface area contributed by atoms with Crippen molar-refractivity contribution in [2.45, 2.75) is 26.2 Å². The molecule has 0 atom stereocenters. The molecular weight excluding hydrogens is 136 g/mol. The lowest BCUT2D eigenvalue weighted by molar-refractivity contribution is 0.389. The Hall–Kier alpha value is -0.790. The Morgan fingerprint density at radius 3 is 3.27 bits per heavy atom. The van der Waals surface area contributed by atoms with E-state index in [2.05, 4.69) is 16.8 Å². The zero-order valence-corrected chi connectivity index (χ0v) is 7.01. The van der Waals surface area contributed by atoms with E-state index in [1.165, 1.54) is 37.2 Å². The van der Waals surface area contributed by atoms with Crippen LogP contribution in [0.2, 0.25) is 0 Å². The molecule has 2 aliphatic rings. The number of amidine groups is 1. The van der Waals surface area contributed by atoms with Crippen LogP contribution in [0.25, 0.3) is 0 Å². The van der Waals surface area contributed by atoms with Crippen LogP contribution in [0.1, 0.15) is 26.2 Å². The van der Waals surface area contributed by atoms with Crippen LogP contribution in [0.4, 0.5) is 0 Å². The normalized spacial score (nSPS) is 23.9. The number of aliphatic imine (C=N–C) groups is 1. The van der Waals surface area contributed by atoms with Crippen LogP contribution in [0.5, 0.6) is 0 Å². The lowest BCUT2D eigenvalue weighted by Gasteiger charge is -2.32. The van der Waals surface area contributed by atoms with Crippen molar-refractivity contribution in [2.75, 3.05) is 13.1 Å². The molecule has 11 heavy (non-hydrogen) atoms. The first kappa shape index (κ1) is 6.89. The quantitative estimate of drug-likeness (QED) is 0.514. The monoisotopic (exact) mass is 150 g/mol. The Labute approximate surface area is 67.6 Å². The van der Waals surface area contributed by atoms with Gasteiger partial charge in [0.25, 0.3) is 0 Å². The Morgan fingerprint density at radius 2 is 2.36 bits per heavy atom. The molecule has 0 aromatic heterocycles. The van der Waals surface area contributed by atoms with Gasteiger partial charge in [0.1, 0.15) is 5.84 Å². The van der Waals surface area contributed by atoms with Crippen LogP contribution in [0.15, 0.2) is 16.8 Å². The van der Waals surface area contributed by atoms with E-state index in [1.54, 1.807) is 0 Å². The highest BCUT2D eigenvalue weighted by Gasteiger charge is 2.17. The minimum atomic E-state index is 1.11. The third-order valence-corrected chi connectivity index (χ3v) is 2.32. The van der Waals surface area contributed by atoms with Gasteiger partial charge >= 0.3 is 0 Å². The van der Waals surface area contributed by atoms with E-state index < -0.39 is 0 Å². The molecule has 2 rings (SSSR count). The number of hydrogen-bond donors (Lipinski definition) is 0. The van der Waals surface area contributed by atoms with Gasteiger partial charge in [0, 0.05) is 25.7 Å². The predicted molar refractivity (Wildman–Crippen MR) is 46.6 cm³/mol. The van der Waals surface area contributed by atoms with Gasteiger partial charge in [-0.15, -0.1) is 0 Å². The van der Waals surface area contributed by atoms with E-state index in [0.29, 0.717) is 0 Å². The molecule has 0 radical (unpaired) electrons. The molecule has 2 heteroatoms. The summed E-state index contributed by atoms with van der Waals surface area (Å²) in [4.78, 5) is 6.81. The third-order valence-electron chi connectivity index (χ3n) is 2.32. The minimum Gasteiger partial charge on any atom is -0.356 e. The van der Waals surface area contributed by atoms with Crippen molar-refractivity contribution in [2.24, 2.45) is 4.99 Å². The van der Waals surface area contributed by atoms with E-state index >= 15 is 0 Å². The summed E-state index contributed by atoms with van der Waals surface area (Å²) in [7, 11) is 0. The summed E-state index contributed by atoms with van der Waals surface area (Å²) >= 11 is 0. The van der Waals surface area contributed by atoms with Gasteiger partial charge in [-0.1, -0.05) is 0 Å². The number of piperidine rings is 1. The average Bonchev–Trinajstić information content (AvgIpc) is 2.04. The molecule has 0 amide bonds. The second-order valence-electron chi connectivity index (χ2n) is 3.40. The second kappa shape index (κ2) is 2.68. The summed E-state index contributed by atoms with van der Waals surface area (Å²) in [6, 6.07) is 0. The van der Waals surface area contributed by atoms with Gasteiger partial charge in [0.15, 0.2) is 0 Å². The van der Waals surface area contributed by atoms with Gasteiger partial charge in [-0.3, -0.25) is 0 Å². The Morgan fingerprint density at radius 1 is 1.45 bits per heavy atom. The first-order valence-electron chi connectivity index (χ1n) is 4.33. The first-order valence-corrected chi connectivity index (χ1v) is 4.33. The van der Waals surface area contributed by atoms with Crippen LogP contribution in [0, 0.1) is 0 Å². The summed E-state index contributed by atoms with van der Waals surface area (Å²) in [5.41, 5.74) is 1.38. The Balaban J connectivity index is 2.16. The SMILES string of the molecule is CC1=CN=C2CCCCN2C1. The first-order chi connectivity index (χ1) is 5.36. The van der Waals surface area contributed by atoms with Gasteiger partial charge in [-0.2, -0.15) is 0 Å². The van der Waals surface area contributed by atoms with Gasteiger partial charge in [0.2, 0.25) is 0 Å². The van der Waals surface area contributed by atoms with E-state index in [1.807, 2.05) is 6.20 Å². The van der Waals surface area contributed by atoms with Gasteiger partial charge in [0.05, 0.1) is 0 Å². The van der Waals surface area contributed by atoms with Crippen molar-refractivity contribution in [1.29, 1.82) is 0 Å². The minimum absolute atomic E-state index is 1.11. The van der Waals surface area contributed by atoms with E-state index in [4.69, 9.17) is 0 Å². The molecule has 0 aromatic carbocycles. The van der Waals surface area contributed by atoms with E-state index in [0.717, 1.165) is 6.54 Å². The van der Waals surface area contributed by atoms with Crippen molar-refractivity contribution in [3.8, 4) is 0 Å². The van der Waals surface area contributed by atoms with Crippen molar-refractivity contribution in [1.82, 2.24) is 4.90 Å². The average molecular weight is 150 g/mol. The number of fused-ring (bicyclic) bond motifs is 1. The zero-order valence-electron chi connectivity index (χ0n) is 7.01. The van der Waals surface area contributed by atoms with Gasteiger partial charge < -0.3 is 4.90 Å². The van der Waals surface area contributed by atoms with Crippen LogP contribution in [0.3, 0.4) is 0 Å². The molecule has 1 fully saturated rings. The van der Waals surface area contributed by atoms with Crippen molar-refractivity contribution in [3.63, 3.8) is 0 Å². The zero-order chi connectivity index (χ0) is 7.68. The fraction of sp³-hybridized carbons (Fsp3) is 0.667. The lowest BCUT2D eigenvalue weighted by atomic mass is 10.1. The molecule has 0 N–H and O–H groups in total. The smallest absolute Gasteiger partial charge is 0.104 e. The van der Waals surface area contributed by atoms with Gasteiger partial charge in [-0.05, 0) is 25.3 Å². The number of nitrogens with zero attached hydrogens (tertiary/aromatic N) is 2. The molecule has 0 saturated carbocycles. The summed E-state index contributed by atoms with van der Waals surface area (Å²) in [6.45, 7) is 4.47. The molecule has 2 heterocycles. The lowest BCUT2D eigenvalue weighted by Crippen LogP contribution is -2.38. The molecule has 2 aliphatic heterocycles. The second-order valence-corrected chi connectivity index (χ2v) is 3.40. The molecule has 1 saturated heterocycles. The summed E-state index contributed by atoms with van der Waals surface area (Å²) in [5.74, 6) is 1.31. The fourth-order valence-electron chi connectivity index (χ4n) is 1.72. The number of hydrogen-bond acceptors (Lipinski definition) is 2. The fourth-order valence-corrected chi connectivity index (χ4v) is 1.72. The molecule has 2 nitrogen and oxygen atoms in total. The van der Waals surface area contributed by atoms with E-state index in [-0.39, 0.29) is 0 Å². The summed E-state index contributed by atoms with van der Waals surface area (Å²) in [5, 5.41) is 0. The molecule has 0 spiro atoms. The highest BCUT2D eigenvalue weighted by atomic mass is 15.2. The molecule has 0 aliphatic carbocycles. The topological polar surface area (TPSA) is 15.6 Å². The van der Waals surface area contributed by atoms with Crippen molar-refractivity contribution >= 4 is 5.84 Å². The largest absolute Gasteiger partial charge is 0.356 e. The van der Waals surface area contributed by atoms with Crippen LogP contribution in [-0.4, -0.2) is 23.8 Å². The van der Waals surface area contributed by atoms with Gasteiger partial charge in [-0.25, -0.2) is 4.99 Å². The molecule has 0 aromatic rings. The van der Waals surface area contributed by atoms with Crippen LogP contribution >= 0.6 is 0 Å². The van der Waals surface area contributed by atoms with Crippen molar-refractivity contribution < 1.29 is 0 Å². The molecular formula is C9H14N2. The molecule has 0 bridgehead atoms. The summed E-state index contributed by atoms with van der Waals surface area (Å²) in [6.07, 6.45) is 5.86. The maximum atomic E-state index is 4.41. The Kier molecular flexibility index (Phi) is 1.68. The van der Waals surface area contributed by atoms with Crippen LogP contribution in [-0.2, 0) is 0 Å². The standard InChI is InChI=1S/C9H14N2/c1-8-6-10-9-4-2-3-5-11(9)7-8/h6H,2-5,7H2,1H3. The van der Waals surface area contributed by atoms with Crippen LogP contribution < -0.4 is 0 Å². The molecule has 0 unspecified atom stereocenters. The Bertz CT molecular complexity index is 216.